The molecular weight excluding hydrogens is 350 g/mol. The maximum absolute atomic E-state index is 12.9. The quantitative estimate of drug-likeness (QED) is 0.587. The van der Waals surface area contributed by atoms with Crippen LogP contribution in [0.5, 0.6) is 0 Å². The van der Waals surface area contributed by atoms with Gasteiger partial charge < -0.3 is 0 Å². The standard InChI is InChI=1S/C13H10FIOS/c14-9-3-5-11(12(15)8-9)13(16)6-4-10-2-1-7-17-10/h1-3,5,7-8H,4,6H2. The van der Waals surface area contributed by atoms with Gasteiger partial charge in [0.25, 0.3) is 0 Å². The summed E-state index contributed by atoms with van der Waals surface area (Å²) in [5.41, 5.74) is 0.614. The second kappa shape index (κ2) is 5.73. The summed E-state index contributed by atoms with van der Waals surface area (Å²) < 4.78 is 13.6. The number of carbonyl (C=O) groups is 1. The van der Waals surface area contributed by atoms with Gasteiger partial charge in [-0.25, -0.2) is 4.39 Å². The number of thiophene rings is 1. The van der Waals surface area contributed by atoms with Gasteiger partial charge >= 0.3 is 0 Å². The highest BCUT2D eigenvalue weighted by Crippen LogP contribution is 2.18. The number of ketones is 1. The molecule has 0 radical (unpaired) electrons. The summed E-state index contributed by atoms with van der Waals surface area (Å²) in [5.74, 6) is -0.230. The molecular formula is C13H10FIOS. The normalized spacial score (nSPS) is 10.5. The minimum atomic E-state index is -0.302. The molecule has 0 N–H and O–H groups in total. The lowest BCUT2D eigenvalue weighted by Crippen LogP contribution is -2.03. The van der Waals surface area contributed by atoms with Crippen LogP contribution in [0, 0.1) is 9.39 Å². The Morgan fingerprint density at radius 3 is 2.82 bits per heavy atom. The first-order valence-corrected chi connectivity index (χ1v) is 7.13. The van der Waals surface area contributed by atoms with Crippen molar-refractivity contribution in [3.63, 3.8) is 0 Å². The molecule has 1 aromatic carbocycles. The summed E-state index contributed by atoms with van der Waals surface area (Å²) in [4.78, 5) is 13.2. The molecule has 0 fully saturated rings. The van der Waals surface area contributed by atoms with Crippen LogP contribution in [-0.4, -0.2) is 5.78 Å². The molecule has 0 atom stereocenters. The molecule has 0 saturated heterocycles. The molecule has 0 unspecified atom stereocenters. The van der Waals surface area contributed by atoms with Crippen LogP contribution in [0.3, 0.4) is 0 Å². The molecule has 1 aromatic heterocycles. The highest BCUT2D eigenvalue weighted by Gasteiger charge is 2.10. The smallest absolute Gasteiger partial charge is 0.164 e. The van der Waals surface area contributed by atoms with E-state index in [0.717, 1.165) is 6.42 Å². The fraction of sp³-hybridized carbons (Fsp3) is 0.154. The number of hydrogen-bond donors (Lipinski definition) is 0. The Bertz CT molecular complexity index is 522. The third-order valence-electron chi connectivity index (χ3n) is 2.41. The minimum Gasteiger partial charge on any atom is -0.294 e. The predicted molar refractivity (Wildman–Crippen MR) is 76.1 cm³/mol. The Morgan fingerprint density at radius 2 is 2.18 bits per heavy atom. The number of Topliss-reactive ketones (excluding diaryl/α,β-unsaturated/α-hetero) is 1. The van der Waals surface area contributed by atoms with Crippen LogP contribution in [-0.2, 0) is 6.42 Å². The van der Waals surface area contributed by atoms with Crippen LogP contribution < -0.4 is 0 Å². The average Bonchev–Trinajstić information content (AvgIpc) is 2.78. The molecule has 0 bridgehead atoms. The Balaban J connectivity index is 2.04. The summed E-state index contributed by atoms with van der Waals surface area (Å²) in [7, 11) is 0. The molecule has 0 spiro atoms. The first-order chi connectivity index (χ1) is 8.16. The second-order valence-corrected chi connectivity index (χ2v) is 5.82. The van der Waals surface area contributed by atoms with E-state index in [1.807, 2.05) is 40.1 Å². The largest absolute Gasteiger partial charge is 0.294 e. The van der Waals surface area contributed by atoms with E-state index in [2.05, 4.69) is 0 Å². The van der Waals surface area contributed by atoms with Crippen molar-refractivity contribution in [3.8, 4) is 0 Å². The second-order valence-electron chi connectivity index (χ2n) is 3.63. The zero-order valence-corrected chi connectivity index (χ0v) is 11.9. The monoisotopic (exact) mass is 360 g/mol. The first kappa shape index (κ1) is 12.7. The number of hydrogen-bond acceptors (Lipinski definition) is 2. The molecule has 17 heavy (non-hydrogen) atoms. The van der Waals surface area contributed by atoms with E-state index in [4.69, 9.17) is 0 Å². The molecule has 1 heterocycles. The van der Waals surface area contributed by atoms with E-state index in [9.17, 15) is 9.18 Å². The SMILES string of the molecule is O=C(CCc1cccs1)c1ccc(F)cc1I. The van der Waals surface area contributed by atoms with Crippen LogP contribution >= 0.6 is 33.9 Å². The van der Waals surface area contributed by atoms with Gasteiger partial charge in [0.05, 0.1) is 0 Å². The Kier molecular flexibility index (Phi) is 4.28. The lowest BCUT2D eigenvalue weighted by molar-refractivity contribution is 0.0982. The van der Waals surface area contributed by atoms with Gasteiger partial charge in [0.15, 0.2) is 5.78 Å². The highest BCUT2D eigenvalue weighted by molar-refractivity contribution is 14.1. The van der Waals surface area contributed by atoms with Gasteiger partial charge in [-0.1, -0.05) is 6.07 Å². The predicted octanol–water partition coefficient (Wildman–Crippen LogP) is 4.31. The van der Waals surface area contributed by atoms with Gasteiger partial charge in [-0.15, -0.1) is 11.3 Å². The van der Waals surface area contributed by atoms with Gasteiger partial charge in [-0.2, -0.15) is 0 Å². The topological polar surface area (TPSA) is 17.1 Å². The molecule has 0 saturated carbocycles. The molecule has 2 rings (SSSR count). The number of carbonyl (C=O) groups excluding carboxylic acids is 1. The van der Waals surface area contributed by atoms with Gasteiger partial charge in [-0.3, -0.25) is 4.79 Å². The third-order valence-corrected chi connectivity index (χ3v) is 4.24. The lowest BCUT2D eigenvalue weighted by atomic mass is 10.1. The molecule has 4 heteroatoms. The molecule has 0 aliphatic carbocycles. The lowest BCUT2D eigenvalue weighted by Gasteiger charge is -2.03. The zero-order valence-electron chi connectivity index (χ0n) is 8.95. The number of benzene rings is 1. The van der Waals surface area contributed by atoms with E-state index >= 15 is 0 Å². The number of rotatable bonds is 4. The maximum atomic E-state index is 12.9. The summed E-state index contributed by atoms with van der Waals surface area (Å²) in [6.07, 6.45) is 1.23. The average molecular weight is 360 g/mol. The van der Waals surface area contributed by atoms with Crippen molar-refractivity contribution in [2.45, 2.75) is 12.8 Å². The van der Waals surface area contributed by atoms with Crippen LogP contribution in [0.2, 0.25) is 0 Å². The summed E-state index contributed by atoms with van der Waals surface area (Å²) in [6.45, 7) is 0. The van der Waals surface area contributed by atoms with E-state index in [1.165, 1.54) is 17.0 Å². The van der Waals surface area contributed by atoms with Crippen molar-refractivity contribution in [2.24, 2.45) is 0 Å². The van der Waals surface area contributed by atoms with E-state index in [0.29, 0.717) is 15.6 Å². The zero-order chi connectivity index (χ0) is 12.3. The van der Waals surface area contributed by atoms with Gasteiger partial charge in [-0.05, 0) is 58.7 Å². The molecule has 2 aromatic rings. The third kappa shape index (κ3) is 3.35. The number of aryl methyl sites for hydroxylation is 1. The highest BCUT2D eigenvalue weighted by atomic mass is 127. The summed E-state index contributed by atoms with van der Waals surface area (Å²) >= 11 is 3.65. The van der Waals surface area contributed by atoms with Crippen molar-refractivity contribution < 1.29 is 9.18 Å². The van der Waals surface area contributed by atoms with Crippen LogP contribution in [0.4, 0.5) is 4.39 Å². The van der Waals surface area contributed by atoms with Crippen molar-refractivity contribution in [1.82, 2.24) is 0 Å². The van der Waals surface area contributed by atoms with Crippen LogP contribution in [0.1, 0.15) is 21.7 Å². The van der Waals surface area contributed by atoms with Crippen molar-refractivity contribution in [2.75, 3.05) is 0 Å². The van der Waals surface area contributed by atoms with Gasteiger partial charge in [0.1, 0.15) is 5.82 Å². The maximum Gasteiger partial charge on any atom is 0.164 e. The molecule has 88 valence electrons. The summed E-state index contributed by atoms with van der Waals surface area (Å²) in [6, 6.07) is 8.28. The van der Waals surface area contributed by atoms with Crippen molar-refractivity contribution in [1.29, 1.82) is 0 Å². The minimum absolute atomic E-state index is 0.0720. The molecule has 0 amide bonds. The number of halogens is 2. The van der Waals surface area contributed by atoms with Crippen LogP contribution in [0.15, 0.2) is 35.7 Å². The fourth-order valence-electron chi connectivity index (χ4n) is 1.54. The van der Waals surface area contributed by atoms with E-state index in [-0.39, 0.29) is 11.6 Å². The van der Waals surface area contributed by atoms with E-state index < -0.39 is 0 Å². The van der Waals surface area contributed by atoms with Gasteiger partial charge in [0, 0.05) is 20.4 Å². The molecule has 0 aliphatic rings. The Hall–Kier alpha value is -0.750. The van der Waals surface area contributed by atoms with E-state index in [1.54, 1.807) is 17.4 Å². The van der Waals surface area contributed by atoms with Crippen molar-refractivity contribution >= 4 is 39.7 Å². The van der Waals surface area contributed by atoms with Crippen LogP contribution in [0.25, 0.3) is 0 Å². The summed E-state index contributed by atoms with van der Waals surface area (Å²) in [5, 5.41) is 2.00. The van der Waals surface area contributed by atoms with Gasteiger partial charge in [0.2, 0.25) is 0 Å². The Morgan fingerprint density at radius 1 is 1.35 bits per heavy atom. The fourth-order valence-corrected chi connectivity index (χ4v) is 3.03. The Labute approximate surface area is 117 Å². The molecule has 0 aliphatic heterocycles. The molecule has 1 nitrogen and oxygen atoms in total. The first-order valence-electron chi connectivity index (χ1n) is 5.17. The van der Waals surface area contributed by atoms with Crippen molar-refractivity contribution in [3.05, 3.63) is 55.5 Å².